The zero-order chi connectivity index (χ0) is 14.4. The van der Waals surface area contributed by atoms with Gasteiger partial charge in [-0.05, 0) is 30.4 Å². The second kappa shape index (κ2) is 7.04. The van der Waals surface area contributed by atoms with Crippen LogP contribution in [0.3, 0.4) is 0 Å². The molecule has 0 aliphatic heterocycles. The minimum atomic E-state index is -0.449. The Balaban J connectivity index is 1.92. The van der Waals surface area contributed by atoms with E-state index in [1.165, 1.54) is 12.5 Å². The lowest BCUT2D eigenvalue weighted by atomic mass is 9.84. The number of hydrogen-bond acceptors (Lipinski definition) is 2. The highest BCUT2D eigenvalue weighted by molar-refractivity contribution is 5.79. The van der Waals surface area contributed by atoms with Crippen LogP contribution in [0.15, 0.2) is 24.3 Å². The first-order valence-corrected chi connectivity index (χ1v) is 7.13. The molecule has 1 aliphatic carbocycles. The average Bonchev–Trinajstić information content (AvgIpc) is 2.48. The second-order valence-electron chi connectivity index (χ2n) is 5.34. The Morgan fingerprint density at radius 3 is 2.70 bits per heavy atom. The number of nitrogens with one attached hydrogen (secondary N) is 1. The van der Waals surface area contributed by atoms with Crippen LogP contribution in [-0.4, -0.2) is 11.9 Å². The summed E-state index contributed by atoms with van der Waals surface area (Å²) in [6, 6.07) is 7.96. The van der Waals surface area contributed by atoms with Crippen LogP contribution >= 0.6 is 0 Å². The summed E-state index contributed by atoms with van der Waals surface area (Å²) in [5, 5.41) is 12.0. The molecule has 20 heavy (non-hydrogen) atoms. The van der Waals surface area contributed by atoms with Crippen LogP contribution in [0.4, 0.5) is 4.39 Å². The number of benzene rings is 1. The van der Waals surface area contributed by atoms with E-state index in [4.69, 9.17) is 0 Å². The van der Waals surface area contributed by atoms with Gasteiger partial charge in [0.25, 0.3) is 0 Å². The zero-order valence-corrected chi connectivity index (χ0v) is 11.4. The van der Waals surface area contributed by atoms with E-state index in [-0.39, 0.29) is 24.1 Å². The molecule has 2 rings (SSSR count). The molecule has 3 nitrogen and oxygen atoms in total. The molecule has 1 fully saturated rings. The Bertz CT molecular complexity index is 503. The monoisotopic (exact) mass is 274 g/mol. The molecular formula is C16H19FN2O. The quantitative estimate of drug-likeness (QED) is 0.917. The summed E-state index contributed by atoms with van der Waals surface area (Å²) in [4.78, 5) is 11.9. The van der Waals surface area contributed by atoms with E-state index in [9.17, 15) is 14.4 Å². The largest absolute Gasteiger partial charge is 0.340 e. The van der Waals surface area contributed by atoms with Crippen LogP contribution in [0.2, 0.25) is 0 Å². The van der Waals surface area contributed by atoms with E-state index in [1.54, 1.807) is 18.2 Å². The molecule has 1 aliphatic rings. The third-order valence-corrected chi connectivity index (χ3v) is 3.89. The summed E-state index contributed by atoms with van der Waals surface area (Å²) < 4.78 is 13.5. The van der Waals surface area contributed by atoms with Gasteiger partial charge in [-0.1, -0.05) is 37.5 Å². The topological polar surface area (TPSA) is 52.9 Å². The summed E-state index contributed by atoms with van der Waals surface area (Å²) in [5.74, 6) is -0.431. The maximum absolute atomic E-state index is 13.5. The van der Waals surface area contributed by atoms with E-state index >= 15 is 0 Å². The molecule has 0 aromatic heterocycles. The first-order chi connectivity index (χ1) is 9.70. The minimum Gasteiger partial charge on any atom is -0.340 e. The second-order valence-corrected chi connectivity index (χ2v) is 5.34. The summed E-state index contributed by atoms with van der Waals surface area (Å²) in [7, 11) is 0. The van der Waals surface area contributed by atoms with Gasteiger partial charge in [0, 0.05) is 0 Å². The fraction of sp³-hybridized carbons (Fsp3) is 0.500. The lowest BCUT2D eigenvalue weighted by molar-refractivity contribution is -0.121. The lowest BCUT2D eigenvalue weighted by Gasteiger charge is -2.26. The highest BCUT2D eigenvalue weighted by Crippen LogP contribution is 2.26. The van der Waals surface area contributed by atoms with Gasteiger partial charge in [-0.3, -0.25) is 4.79 Å². The van der Waals surface area contributed by atoms with Crippen molar-refractivity contribution in [1.82, 2.24) is 5.32 Å². The SMILES string of the molecule is N#CC(NC(=O)Cc1ccccc1F)C1CCCCC1. The van der Waals surface area contributed by atoms with E-state index in [1.807, 2.05) is 0 Å². The van der Waals surface area contributed by atoms with Gasteiger partial charge in [0.1, 0.15) is 11.9 Å². The number of nitriles is 1. The number of rotatable bonds is 4. The highest BCUT2D eigenvalue weighted by Gasteiger charge is 2.25. The molecule has 1 N–H and O–H groups in total. The summed E-state index contributed by atoms with van der Waals surface area (Å²) in [6.07, 6.45) is 5.39. The van der Waals surface area contributed by atoms with E-state index in [0.29, 0.717) is 5.56 Å². The predicted molar refractivity (Wildman–Crippen MR) is 74.2 cm³/mol. The third kappa shape index (κ3) is 3.80. The number of carbonyl (C=O) groups excluding carboxylic acids is 1. The molecule has 1 amide bonds. The molecule has 0 saturated heterocycles. The van der Waals surface area contributed by atoms with Crippen LogP contribution in [0.25, 0.3) is 0 Å². The van der Waals surface area contributed by atoms with Crippen LogP contribution in [0.5, 0.6) is 0 Å². The van der Waals surface area contributed by atoms with Gasteiger partial charge < -0.3 is 5.32 Å². The van der Waals surface area contributed by atoms with Crippen molar-refractivity contribution in [2.45, 2.75) is 44.6 Å². The maximum Gasteiger partial charge on any atom is 0.225 e. The summed E-state index contributed by atoms with van der Waals surface area (Å²) >= 11 is 0. The van der Waals surface area contributed by atoms with Crippen molar-refractivity contribution in [3.8, 4) is 6.07 Å². The van der Waals surface area contributed by atoms with Gasteiger partial charge in [-0.2, -0.15) is 5.26 Å². The van der Waals surface area contributed by atoms with Gasteiger partial charge in [0.2, 0.25) is 5.91 Å². The summed E-state index contributed by atoms with van der Waals surface area (Å²) in [6.45, 7) is 0. The first-order valence-electron chi connectivity index (χ1n) is 7.13. The Hall–Kier alpha value is -1.89. The average molecular weight is 274 g/mol. The van der Waals surface area contributed by atoms with Crippen LogP contribution < -0.4 is 5.32 Å². The zero-order valence-electron chi connectivity index (χ0n) is 11.4. The normalized spacial score (nSPS) is 17.2. The van der Waals surface area contributed by atoms with Crippen molar-refractivity contribution < 1.29 is 9.18 Å². The molecule has 0 radical (unpaired) electrons. The molecule has 1 unspecified atom stereocenters. The van der Waals surface area contributed by atoms with Crippen LogP contribution in [0.1, 0.15) is 37.7 Å². The van der Waals surface area contributed by atoms with Crippen molar-refractivity contribution >= 4 is 5.91 Å². The molecule has 0 bridgehead atoms. The van der Waals surface area contributed by atoms with Crippen molar-refractivity contribution in [3.05, 3.63) is 35.6 Å². The van der Waals surface area contributed by atoms with Gasteiger partial charge in [-0.15, -0.1) is 0 Å². The van der Waals surface area contributed by atoms with Crippen LogP contribution in [0, 0.1) is 23.1 Å². The Morgan fingerprint density at radius 2 is 2.05 bits per heavy atom. The molecular weight excluding hydrogens is 255 g/mol. The maximum atomic E-state index is 13.5. The number of carbonyl (C=O) groups is 1. The predicted octanol–water partition coefficient (Wildman–Crippen LogP) is 2.96. The molecule has 4 heteroatoms. The van der Waals surface area contributed by atoms with Crippen LogP contribution in [-0.2, 0) is 11.2 Å². The first kappa shape index (κ1) is 14.5. The molecule has 106 valence electrons. The molecule has 1 atom stereocenters. The lowest BCUT2D eigenvalue weighted by Crippen LogP contribution is -2.40. The van der Waals surface area contributed by atoms with Crippen molar-refractivity contribution in [3.63, 3.8) is 0 Å². The summed E-state index contributed by atoms with van der Waals surface area (Å²) in [5.41, 5.74) is 0.366. The van der Waals surface area contributed by atoms with Gasteiger partial charge in [-0.25, -0.2) is 4.39 Å². The number of hydrogen-bond donors (Lipinski definition) is 1. The fourth-order valence-electron chi connectivity index (χ4n) is 2.76. The van der Waals surface area contributed by atoms with Gasteiger partial charge in [0.05, 0.1) is 12.5 Å². The smallest absolute Gasteiger partial charge is 0.225 e. The van der Waals surface area contributed by atoms with Gasteiger partial charge >= 0.3 is 0 Å². The standard InChI is InChI=1S/C16H19FN2O/c17-14-9-5-4-8-13(14)10-16(20)19-15(11-18)12-6-2-1-3-7-12/h4-5,8-9,12,15H,1-3,6-7,10H2,(H,19,20). The van der Waals surface area contributed by atoms with E-state index in [0.717, 1.165) is 25.7 Å². The fourth-order valence-corrected chi connectivity index (χ4v) is 2.76. The molecule has 0 spiro atoms. The molecule has 1 saturated carbocycles. The highest BCUT2D eigenvalue weighted by atomic mass is 19.1. The molecule has 1 aromatic rings. The number of nitrogens with zero attached hydrogens (tertiary/aromatic N) is 1. The number of amides is 1. The van der Waals surface area contributed by atoms with E-state index in [2.05, 4.69) is 11.4 Å². The third-order valence-electron chi connectivity index (χ3n) is 3.89. The molecule has 1 aromatic carbocycles. The Morgan fingerprint density at radius 1 is 1.35 bits per heavy atom. The Kier molecular flexibility index (Phi) is 5.11. The van der Waals surface area contributed by atoms with Gasteiger partial charge in [0.15, 0.2) is 0 Å². The van der Waals surface area contributed by atoms with Crippen molar-refractivity contribution in [1.29, 1.82) is 5.26 Å². The van der Waals surface area contributed by atoms with E-state index < -0.39 is 6.04 Å². The minimum absolute atomic E-state index is 0.0163. The van der Waals surface area contributed by atoms with Crippen molar-refractivity contribution in [2.24, 2.45) is 5.92 Å². The number of halogens is 1. The molecule has 0 heterocycles. The Labute approximate surface area is 118 Å². The van der Waals surface area contributed by atoms with Crippen molar-refractivity contribution in [2.75, 3.05) is 0 Å².